The molecule has 0 atom stereocenters. The minimum Gasteiger partial charge on any atom is -0.478 e. The summed E-state index contributed by atoms with van der Waals surface area (Å²) in [6.45, 7) is 0. The summed E-state index contributed by atoms with van der Waals surface area (Å²) in [4.78, 5) is 14.7. The molecule has 2 rings (SSSR count). The van der Waals surface area contributed by atoms with Gasteiger partial charge in [0, 0.05) is 19.4 Å². The van der Waals surface area contributed by atoms with E-state index < -0.39 is 5.97 Å². The summed E-state index contributed by atoms with van der Waals surface area (Å²) in [5.41, 5.74) is 0.166. The van der Waals surface area contributed by atoms with E-state index in [1.54, 1.807) is 6.20 Å². The van der Waals surface area contributed by atoms with Gasteiger partial charge >= 0.3 is 5.97 Å². The molecule has 1 N–H and O–H groups in total. The Hall–Kier alpha value is -2.04. The Labute approximate surface area is 86.0 Å². The number of furan rings is 1. The van der Waals surface area contributed by atoms with Crippen LogP contribution in [0.5, 0.6) is 0 Å². The van der Waals surface area contributed by atoms with Gasteiger partial charge in [-0.2, -0.15) is 0 Å². The molecular weight excluding hydrogens is 196 g/mol. The lowest BCUT2D eigenvalue weighted by Crippen LogP contribution is -1.97. The molecule has 0 fully saturated rings. The minimum absolute atomic E-state index is 0.166. The van der Waals surface area contributed by atoms with Gasteiger partial charge in [0.2, 0.25) is 0 Å². The lowest BCUT2D eigenvalue weighted by molar-refractivity contribution is 0.0696. The highest BCUT2D eigenvalue weighted by Gasteiger charge is 2.10. The van der Waals surface area contributed by atoms with Crippen molar-refractivity contribution in [1.29, 1.82) is 0 Å². The first kappa shape index (κ1) is 9.51. The number of hydrogen-bond acceptors (Lipinski definition) is 3. The lowest BCUT2D eigenvalue weighted by Gasteiger charge is -1.97. The van der Waals surface area contributed by atoms with Crippen LogP contribution in [0.1, 0.15) is 21.9 Å². The standard InChI is InChI=1S/C10H10N2O3/c1-12-3-2-11-9(12)5-8-4-7(6-15-8)10(13)14/h2-4,6H,5H2,1H3,(H,13,14). The fraction of sp³-hybridized carbons (Fsp3) is 0.200. The third-order valence-corrected chi connectivity index (χ3v) is 2.15. The maximum absolute atomic E-state index is 10.6. The predicted molar refractivity (Wildman–Crippen MR) is 51.7 cm³/mol. The highest BCUT2D eigenvalue weighted by Crippen LogP contribution is 2.11. The van der Waals surface area contributed by atoms with Crippen molar-refractivity contribution in [1.82, 2.24) is 9.55 Å². The number of nitrogens with zero attached hydrogens (tertiary/aromatic N) is 2. The Morgan fingerprint density at radius 2 is 2.47 bits per heavy atom. The number of aryl methyl sites for hydroxylation is 1. The second-order valence-corrected chi connectivity index (χ2v) is 3.24. The summed E-state index contributed by atoms with van der Waals surface area (Å²) in [5.74, 6) is 0.452. The van der Waals surface area contributed by atoms with Crippen LogP contribution >= 0.6 is 0 Å². The van der Waals surface area contributed by atoms with Gasteiger partial charge in [0.1, 0.15) is 17.8 Å². The molecule has 0 amide bonds. The van der Waals surface area contributed by atoms with Crippen LogP contribution in [0, 0.1) is 0 Å². The molecule has 0 saturated heterocycles. The van der Waals surface area contributed by atoms with Crippen molar-refractivity contribution in [2.24, 2.45) is 7.05 Å². The number of hydrogen-bond donors (Lipinski definition) is 1. The van der Waals surface area contributed by atoms with E-state index in [4.69, 9.17) is 9.52 Å². The molecule has 0 aliphatic carbocycles. The van der Waals surface area contributed by atoms with Crippen LogP contribution in [0.3, 0.4) is 0 Å². The Morgan fingerprint density at radius 3 is 3.00 bits per heavy atom. The van der Waals surface area contributed by atoms with E-state index in [-0.39, 0.29) is 5.56 Å². The molecule has 0 unspecified atom stereocenters. The van der Waals surface area contributed by atoms with Crippen LogP contribution in [0.2, 0.25) is 0 Å². The van der Waals surface area contributed by atoms with Crippen molar-refractivity contribution in [2.75, 3.05) is 0 Å². The van der Waals surface area contributed by atoms with E-state index in [1.165, 1.54) is 12.3 Å². The molecule has 0 spiro atoms. The Kier molecular flexibility index (Phi) is 2.29. The van der Waals surface area contributed by atoms with E-state index >= 15 is 0 Å². The Bertz CT molecular complexity index is 484. The SMILES string of the molecule is Cn1ccnc1Cc1cc(C(=O)O)co1. The molecular formula is C10H10N2O3. The third kappa shape index (κ3) is 1.90. The molecule has 0 radical (unpaired) electrons. The fourth-order valence-corrected chi connectivity index (χ4v) is 1.31. The van der Waals surface area contributed by atoms with Gasteiger partial charge in [-0.3, -0.25) is 0 Å². The molecule has 0 aromatic carbocycles. The summed E-state index contributed by atoms with van der Waals surface area (Å²) in [6.07, 6.45) is 5.25. The van der Waals surface area contributed by atoms with Crippen LogP contribution in [-0.2, 0) is 13.5 Å². The van der Waals surface area contributed by atoms with Crippen molar-refractivity contribution >= 4 is 5.97 Å². The van der Waals surface area contributed by atoms with Crippen molar-refractivity contribution in [2.45, 2.75) is 6.42 Å². The zero-order chi connectivity index (χ0) is 10.8. The monoisotopic (exact) mass is 206 g/mol. The van der Waals surface area contributed by atoms with Gasteiger partial charge in [0.25, 0.3) is 0 Å². The molecule has 0 saturated carbocycles. The number of rotatable bonds is 3. The topological polar surface area (TPSA) is 68.3 Å². The molecule has 2 aromatic rings. The number of carboxylic acids is 1. The van der Waals surface area contributed by atoms with Gasteiger partial charge in [0.15, 0.2) is 0 Å². The van der Waals surface area contributed by atoms with Crippen LogP contribution in [0.4, 0.5) is 0 Å². The first-order valence-electron chi connectivity index (χ1n) is 4.43. The summed E-state index contributed by atoms with van der Waals surface area (Å²) in [6, 6.07) is 1.51. The molecule has 5 nitrogen and oxygen atoms in total. The van der Waals surface area contributed by atoms with Crippen LogP contribution in [0.25, 0.3) is 0 Å². The fourth-order valence-electron chi connectivity index (χ4n) is 1.31. The van der Waals surface area contributed by atoms with Gasteiger partial charge in [0.05, 0.1) is 12.0 Å². The molecule has 0 bridgehead atoms. The largest absolute Gasteiger partial charge is 0.478 e. The third-order valence-electron chi connectivity index (χ3n) is 2.15. The molecule has 2 heterocycles. The minimum atomic E-state index is -0.982. The second kappa shape index (κ2) is 3.61. The van der Waals surface area contributed by atoms with E-state index in [0.29, 0.717) is 12.2 Å². The summed E-state index contributed by atoms with van der Waals surface area (Å²) in [5, 5.41) is 8.70. The van der Waals surface area contributed by atoms with Crippen molar-refractivity contribution in [3.05, 3.63) is 41.9 Å². The molecule has 5 heteroatoms. The first-order chi connectivity index (χ1) is 7.16. The summed E-state index contributed by atoms with van der Waals surface area (Å²) >= 11 is 0. The van der Waals surface area contributed by atoms with Gasteiger partial charge in [-0.15, -0.1) is 0 Å². The van der Waals surface area contributed by atoms with Crippen molar-refractivity contribution < 1.29 is 14.3 Å². The average Bonchev–Trinajstić information content (AvgIpc) is 2.77. The zero-order valence-electron chi connectivity index (χ0n) is 8.17. The average molecular weight is 206 g/mol. The van der Waals surface area contributed by atoms with E-state index in [2.05, 4.69) is 4.98 Å². The number of imidazole rings is 1. The number of aromatic carboxylic acids is 1. The van der Waals surface area contributed by atoms with Crippen molar-refractivity contribution in [3.63, 3.8) is 0 Å². The van der Waals surface area contributed by atoms with Crippen LogP contribution < -0.4 is 0 Å². The molecule has 2 aromatic heterocycles. The maximum Gasteiger partial charge on any atom is 0.338 e. The molecule has 15 heavy (non-hydrogen) atoms. The van der Waals surface area contributed by atoms with Gasteiger partial charge < -0.3 is 14.1 Å². The highest BCUT2D eigenvalue weighted by atomic mass is 16.4. The normalized spacial score (nSPS) is 10.5. The summed E-state index contributed by atoms with van der Waals surface area (Å²) in [7, 11) is 1.88. The predicted octanol–water partition coefficient (Wildman–Crippen LogP) is 1.30. The van der Waals surface area contributed by atoms with E-state index in [0.717, 1.165) is 5.82 Å². The zero-order valence-corrected chi connectivity index (χ0v) is 8.17. The number of aromatic nitrogens is 2. The highest BCUT2D eigenvalue weighted by molar-refractivity contribution is 5.87. The summed E-state index contributed by atoms with van der Waals surface area (Å²) < 4.78 is 6.98. The smallest absolute Gasteiger partial charge is 0.338 e. The Balaban J connectivity index is 2.18. The molecule has 78 valence electrons. The lowest BCUT2D eigenvalue weighted by atomic mass is 10.2. The maximum atomic E-state index is 10.6. The molecule has 0 aliphatic rings. The van der Waals surface area contributed by atoms with Crippen LogP contribution in [-0.4, -0.2) is 20.6 Å². The van der Waals surface area contributed by atoms with Gasteiger partial charge in [-0.1, -0.05) is 0 Å². The first-order valence-corrected chi connectivity index (χ1v) is 4.43. The van der Waals surface area contributed by atoms with Crippen LogP contribution in [0.15, 0.2) is 29.1 Å². The van der Waals surface area contributed by atoms with Gasteiger partial charge in [-0.05, 0) is 6.07 Å². The number of carboxylic acid groups (broad SMARTS) is 1. The second-order valence-electron chi connectivity index (χ2n) is 3.24. The van der Waals surface area contributed by atoms with E-state index in [1.807, 2.05) is 17.8 Å². The quantitative estimate of drug-likeness (QED) is 0.821. The van der Waals surface area contributed by atoms with E-state index in [9.17, 15) is 4.79 Å². The van der Waals surface area contributed by atoms with Crippen molar-refractivity contribution in [3.8, 4) is 0 Å². The van der Waals surface area contributed by atoms with Gasteiger partial charge in [-0.25, -0.2) is 9.78 Å². The molecule has 0 aliphatic heterocycles. The number of carbonyl (C=O) groups is 1. The Morgan fingerprint density at radius 1 is 1.67 bits per heavy atom.